The van der Waals surface area contributed by atoms with Crippen LogP contribution in [0.15, 0.2) is 6.07 Å². The van der Waals surface area contributed by atoms with Crippen molar-refractivity contribution < 1.29 is 13.2 Å². The predicted molar refractivity (Wildman–Crippen MR) is 43.4 cm³/mol. The lowest BCUT2D eigenvalue weighted by Gasteiger charge is -2.08. The molecular formula is C8H7ClF3N. The van der Waals surface area contributed by atoms with Crippen molar-refractivity contribution >= 4 is 11.6 Å². The molecule has 0 radical (unpaired) electrons. The molecule has 1 aromatic heterocycles. The molecule has 0 aliphatic heterocycles. The third-order valence-electron chi connectivity index (χ3n) is 1.67. The highest BCUT2D eigenvalue weighted by Gasteiger charge is 2.17. The Balaban J connectivity index is 3.30. The normalized spacial score (nSPS) is 10.9. The smallest absolute Gasteiger partial charge is 0.225 e. The van der Waals surface area contributed by atoms with Gasteiger partial charge in [-0.3, -0.25) is 0 Å². The van der Waals surface area contributed by atoms with Crippen molar-refractivity contribution in [3.05, 3.63) is 28.8 Å². The van der Waals surface area contributed by atoms with Crippen LogP contribution in [-0.2, 0) is 5.88 Å². The molecule has 0 N–H and O–H groups in total. The van der Waals surface area contributed by atoms with Gasteiger partial charge in [0.15, 0.2) is 0 Å². The van der Waals surface area contributed by atoms with Gasteiger partial charge in [-0.05, 0) is 18.6 Å². The van der Waals surface area contributed by atoms with Gasteiger partial charge in [0, 0.05) is 17.1 Å². The van der Waals surface area contributed by atoms with E-state index in [4.69, 9.17) is 11.6 Å². The van der Waals surface area contributed by atoms with Crippen molar-refractivity contribution in [2.45, 2.75) is 19.2 Å². The van der Waals surface area contributed by atoms with E-state index in [1.54, 1.807) is 0 Å². The number of aromatic nitrogens is 1. The Kier molecular flexibility index (Phi) is 3.14. The summed E-state index contributed by atoms with van der Waals surface area (Å²) in [5.74, 6) is -0.919. The summed E-state index contributed by atoms with van der Waals surface area (Å²) in [6.45, 7) is 1.33. The molecule has 0 saturated heterocycles. The first-order valence-corrected chi connectivity index (χ1v) is 4.09. The zero-order valence-electron chi connectivity index (χ0n) is 6.82. The Morgan fingerprint density at radius 1 is 1.54 bits per heavy atom. The molecule has 1 heterocycles. The maximum atomic E-state index is 12.6. The van der Waals surface area contributed by atoms with E-state index in [0.717, 1.165) is 6.07 Å². The topological polar surface area (TPSA) is 12.9 Å². The first-order valence-electron chi connectivity index (χ1n) is 3.56. The van der Waals surface area contributed by atoms with E-state index in [0.29, 0.717) is 0 Å². The summed E-state index contributed by atoms with van der Waals surface area (Å²) in [5.41, 5.74) is -0.177. The minimum atomic E-state index is -2.66. The van der Waals surface area contributed by atoms with E-state index < -0.39 is 12.4 Å². The van der Waals surface area contributed by atoms with Crippen LogP contribution in [0.1, 0.15) is 23.2 Å². The Morgan fingerprint density at radius 3 is 2.62 bits per heavy atom. The van der Waals surface area contributed by atoms with Gasteiger partial charge in [0.25, 0.3) is 6.43 Å². The lowest BCUT2D eigenvalue weighted by Crippen LogP contribution is -2.01. The van der Waals surface area contributed by atoms with Crippen LogP contribution in [0, 0.1) is 12.9 Å². The maximum Gasteiger partial charge on any atom is 0.265 e. The van der Waals surface area contributed by atoms with E-state index in [2.05, 4.69) is 4.98 Å². The van der Waals surface area contributed by atoms with Crippen LogP contribution in [0.25, 0.3) is 0 Å². The van der Waals surface area contributed by atoms with Crippen LogP contribution in [0.5, 0.6) is 0 Å². The molecule has 72 valence electrons. The molecule has 0 spiro atoms. The van der Waals surface area contributed by atoms with Gasteiger partial charge in [0.2, 0.25) is 5.95 Å². The predicted octanol–water partition coefficient (Wildman–Crippen LogP) is 3.21. The molecule has 0 aromatic carbocycles. The zero-order valence-corrected chi connectivity index (χ0v) is 7.58. The van der Waals surface area contributed by atoms with E-state index in [1.165, 1.54) is 6.92 Å². The fourth-order valence-electron chi connectivity index (χ4n) is 1.12. The molecule has 0 unspecified atom stereocenters. The fourth-order valence-corrected chi connectivity index (χ4v) is 1.34. The second kappa shape index (κ2) is 3.96. The molecule has 0 aliphatic carbocycles. The van der Waals surface area contributed by atoms with E-state index >= 15 is 0 Å². The van der Waals surface area contributed by atoms with E-state index in [-0.39, 0.29) is 22.7 Å². The lowest BCUT2D eigenvalue weighted by atomic mass is 10.1. The highest BCUT2D eigenvalue weighted by atomic mass is 35.5. The molecule has 0 atom stereocenters. The molecule has 1 nitrogen and oxygen atoms in total. The molecule has 0 fully saturated rings. The summed E-state index contributed by atoms with van der Waals surface area (Å²) >= 11 is 5.39. The van der Waals surface area contributed by atoms with Crippen molar-refractivity contribution in [2.75, 3.05) is 0 Å². The van der Waals surface area contributed by atoms with Crippen molar-refractivity contribution in [1.82, 2.24) is 4.98 Å². The number of alkyl halides is 3. The first-order chi connectivity index (χ1) is 6.06. The van der Waals surface area contributed by atoms with E-state index in [1.807, 2.05) is 0 Å². The summed E-state index contributed by atoms with van der Waals surface area (Å²) in [6, 6.07) is 0.932. The van der Waals surface area contributed by atoms with Gasteiger partial charge >= 0.3 is 0 Å². The van der Waals surface area contributed by atoms with Gasteiger partial charge in [-0.1, -0.05) is 0 Å². The Labute approximate surface area is 78.5 Å². The quantitative estimate of drug-likeness (QED) is 0.538. The third-order valence-corrected chi connectivity index (χ3v) is 1.95. The molecule has 0 bridgehead atoms. The largest absolute Gasteiger partial charge is 0.265 e. The molecule has 1 aromatic rings. The molecule has 13 heavy (non-hydrogen) atoms. The van der Waals surface area contributed by atoms with Crippen LogP contribution < -0.4 is 0 Å². The standard InChI is InChI=1S/C8H7ClF3N/c1-4-7(8(11)12)5(3-9)2-6(10)13-4/h2,8H,3H2,1H3. The number of halogens is 4. The average molecular weight is 210 g/mol. The summed E-state index contributed by atoms with van der Waals surface area (Å²) in [7, 11) is 0. The highest BCUT2D eigenvalue weighted by molar-refractivity contribution is 6.17. The number of nitrogens with zero attached hydrogens (tertiary/aromatic N) is 1. The Hall–Kier alpha value is -0.770. The second-order valence-corrected chi connectivity index (χ2v) is 2.80. The number of aryl methyl sites for hydroxylation is 1. The second-order valence-electron chi connectivity index (χ2n) is 2.54. The van der Waals surface area contributed by atoms with Crippen molar-refractivity contribution in [3.8, 4) is 0 Å². The van der Waals surface area contributed by atoms with Crippen LogP contribution in [0.3, 0.4) is 0 Å². The fraction of sp³-hybridized carbons (Fsp3) is 0.375. The molecular weight excluding hydrogens is 203 g/mol. The number of pyridine rings is 1. The van der Waals surface area contributed by atoms with Crippen LogP contribution in [0.2, 0.25) is 0 Å². The SMILES string of the molecule is Cc1nc(F)cc(CCl)c1C(F)F. The Bertz CT molecular complexity index is 315. The van der Waals surface area contributed by atoms with Crippen molar-refractivity contribution in [2.24, 2.45) is 0 Å². The first kappa shape index (κ1) is 10.3. The van der Waals surface area contributed by atoms with E-state index in [9.17, 15) is 13.2 Å². The zero-order chi connectivity index (χ0) is 10.0. The molecule has 0 saturated carbocycles. The monoisotopic (exact) mass is 209 g/mol. The van der Waals surface area contributed by atoms with Gasteiger partial charge in [0.05, 0.1) is 0 Å². The van der Waals surface area contributed by atoms with Gasteiger partial charge in [-0.2, -0.15) is 4.39 Å². The lowest BCUT2D eigenvalue weighted by molar-refractivity contribution is 0.149. The summed E-state index contributed by atoms with van der Waals surface area (Å²) in [5, 5.41) is 0. The number of hydrogen-bond acceptors (Lipinski definition) is 1. The van der Waals surface area contributed by atoms with Crippen LogP contribution in [-0.4, -0.2) is 4.98 Å². The minimum absolute atomic E-state index is 0.00866. The maximum absolute atomic E-state index is 12.6. The van der Waals surface area contributed by atoms with Gasteiger partial charge in [0.1, 0.15) is 0 Å². The summed E-state index contributed by atoms with van der Waals surface area (Å²) in [6.07, 6.45) is -2.66. The highest BCUT2D eigenvalue weighted by Crippen LogP contribution is 2.26. The average Bonchev–Trinajstić information content (AvgIpc) is 2.01. The summed E-state index contributed by atoms with van der Waals surface area (Å²) in [4.78, 5) is 3.30. The number of rotatable bonds is 2. The van der Waals surface area contributed by atoms with Crippen LogP contribution >= 0.6 is 11.6 Å². The molecule has 5 heteroatoms. The Morgan fingerprint density at radius 2 is 2.15 bits per heavy atom. The van der Waals surface area contributed by atoms with Gasteiger partial charge in [-0.15, -0.1) is 11.6 Å². The molecule has 0 amide bonds. The van der Waals surface area contributed by atoms with Crippen molar-refractivity contribution in [1.29, 1.82) is 0 Å². The summed E-state index contributed by atoms with van der Waals surface area (Å²) < 4.78 is 37.4. The number of hydrogen-bond donors (Lipinski definition) is 0. The third kappa shape index (κ3) is 2.12. The van der Waals surface area contributed by atoms with Gasteiger partial charge < -0.3 is 0 Å². The minimum Gasteiger partial charge on any atom is -0.225 e. The molecule has 1 rings (SSSR count). The van der Waals surface area contributed by atoms with Crippen molar-refractivity contribution in [3.63, 3.8) is 0 Å². The van der Waals surface area contributed by atoms with Gasteiger partial charge in [-0.25, -0.2) is 13.8 Å². The van der Waals surface area contributed by atoms with Crippen LogP contribution in [0.4, 0.5) is 13.2 Å². The molecule has 0 aliphatic rings.